The van der Waals surface area contributed by atoms with Crippen LogP contribution in [0.3, 0.4) is 0 Å². The number of benzene rings is 3. The highest BCUT2D eigenvalue weighted by atomic mass is 127. The predicted molar refractivity (Wildman–Crippen MR) is 267 cm³/mol. The van der Waals surface area contributed by atoms with Crippen molar-refractivity contribution in [3.63, 3.8) is 0 Å². The molecule has 17 nitrogen and oxygen atoms in total. The fraction of sp³-hybridized carbons (Fsp3) is 0.378. The Morgan fingerprint density at radius 3 is 1.75 bits per heavy atom. The molecule has 2 fully saturated rings. The number of hydrogen-bond donors (Lipinski definition) is 4. The van der Waals surface area contributed by atoms with Gasteiger partial charge < -0.3 is 25.5 Å². The number of H-pyrrole nitrogens is 1. The molecule has 0 atom stereocenters. The SMILES string of the molecule is Cn1c(=O)[nH]c(=O)c2c1nc(N1CCCNCC1)n2Cc1ccccc1I.O=c1c2c(nc(N3CCCNCC3)n2Cc2ccccc2I)n(Cc2ccccc2)c(=O)n1CCCO. The number of aromatic nitrogens is 8. The fourth-order valence-electron chi connectivity index (χ4n) is 8.30. The van der Waals surface area contributed by atoms with Gasteiger partial charge in [-0.1, -0.05) is 66.7 Å². The van der Waals surface area contributed by atoms with Crippen LogP contribution in [0.1, 0.15) is 36.0 Å². The van der Waals surface area contributed by atoms with Gasteiger partial charge in [-0.2, -0.15) is 9.97 Å². The number of aliphatic hydroxyl groups is 1. The first-order valence-corrected chi connectivity index (χ1v) is 23.8. The average Bonchev–Trinajstić information content (AvgIpc) is 3.56. The first-order chi connectivity index (χ1) is 31.1. The first-order valence-electron chi connectivity index (χ1n) is 21.6. The van der Waals surface area contributed by atoms with Crippen LogP contribution in [0.25, 0.3) is 22.3 Å². The number of nitrogens with one attached hydrogen (secondary N) is 3. The van der Waals surface area contributed by atoms with E-state index in [1.165, 1.54) is 9.13 Å². The number of fused-ring (bicyclic) bond motifs is 2. The van der Waals surface area contributed by atoms with E-state index in [0.29, 0.717) is 54.3 Å². The standard InChI is InChI=1S/C27H31IN6O3.C18H21IN6O2/c28-22-11-5-4-10-21(22)19-33-23-24(30-26(33)31-14-6-12-29-13-16-31)34(18-20-8-2-1-3-9-20)27(37)32(25(23)36)15-7-17-35;1-23-15-14(16(26)22-18(23)27)25(11-12-5-2-3-6-13(12)19)17(21-15)24-9-4-7-20-8-10-24/h1-5,8-11,29,35H,6-7,12-19H2;2-3,5-6,20H,4,7-11H2,1H3,(H,22,26,27). The van der Waals surface area contributed by atoms with Gasteiger partial charge in [-0.05, 0) is 106 Å². The third-order valence-corrected chi connectivity index (χ3v) is 13.7. The molecule has 2 saturated heterocycles. The van der Waals surface area contributed by atoms with E-state index >= 15 is 0 Å². The number of halogens is 2. The van der Waals surface area contributed by atoms with Gasteiger partial charge in [0.15, 0.2) is 22.3 Å². The van der Waals surface area contributed by atoms with E-state index < -0.39 is 16.9 Å². The van der Waals surface area contributed by atoms with Crippen LogP contribution >= 0.6 is 45.2 Å². The Morgan fingerprint density at radius 1 is 0.625 bits per heavy atom. The van der Waals surface area contributed by atoms with E-state index in [9.17, 15) is 24.3 Å². The van der Waals surface area contributed by atoms with Crippen LogP contribution in [0.15, 0.2) is 98.0 Å². The van der Waals surface area contributed by atoms with Crippen molar-refractivity contribution in [1.29, 1.82) is 0 Å². The van der Waals surface area contributed by atoms with Crippen molar-refractivity contribution in [2.24, 2.45) is 7.05 Å². The van der Waals surface area contributed by atoms with Crippen LogP contribution in [-0.2, 0) is 33.2 Å². The molecule has 0 unspecified atom stereocenters. The normalized spacial score (nSPS) is 14.7. The molecule has 64 heavy (non-hydrogen) atoms. The Labute approximate surface area is 396 Å². The smallest absolute Gasteiger partial charge is 0.333 e. The van der Waals surface area contributed by atoms with Crippen molar-refractivity contribution in [3.8, 4) is 0 Å². The van der Waals surface area contributed by atoms with Crippen molar-refractivity contribution in [2.75, 3.05) is 68.8 Å². The molecule has 3 aromatic carbocycles. The lowest BCUT2D eigenvalue weighted by Gasteiger charge is -2.22. The molecule has 7 aromatic rings. The highest BCUT2D eigenvalue weighted by Gasteiger charge is 2.26. The fourth-order valence-corrected chi connectivity index (χ4v) is 9.42. The molecular formula is C45H52I2N12O5. The summed E-state index contributed by atoms with van der Waals surface area (Å²) in [5.74, 6) is 1.44. The van der Waals surface area contributed by atoms with E-state index in [4.69, 9.17) is 9.97 Å². The van der Waals surface area contributed by atoms with Crippen LogP contribution in [0.2, 0.25) is 0 Å². The molecule has 4 aromatic heterocycles. The largest absolute Gasteiger partial charge is 0.396 e. The van der Waals surface area contributed by atoms with Gasteiger partial charge in [-0.15, -0.1) is 0 Å². The second-order valence-electron chi connectivity index (χ2n) is 15.9. The maximum atomic E-state index is 13.9. The minimum Gasteiger partial charge on any atom is -0.396 e. The topological polar surface area (TPSA) is 185 Å². The molecule has 0 radical (unpaired) electrons. The molecule has 0 saturated carbocycles. The van der Waals surface area contributed by atoms with Crippen LogP contribution in [0.4, 0.5) is 11.9 Å². The van der Waals surface area contributed by atoms with Crippen LogP contribution in [0, 0.1) is 7.14 Å². The summed E-state index contributed by atoms with van der Waals surface area (Å²) in [7, 11) is 1.64. The number of rotatable bonds is 11. The molecule has 2 aliphatic rings. The molecule has 4 N–H and O–H groups in total. The third kappa shape index (κ3) is 9.77. The molecule has 0 amide bonds. The first kappa shape index (κ1) is 45.5. The lowest BCUT2D eigenvalue weighted by atomic mass is 10.2. The molecule has 9 rings (SSSR count). The molecule has 2 aliphatic heterocycles. The van der Waals surface area contributed by atoms with Crippen molar-refractivity contribution in [3.05, 3.63) is 144 Å². The van der Waals surface area contributed by atoms with Gasteiger partial charge in [-0.3, -0.25) is 37.4 Å². The number of anilines is 2. The average molecular weight is 1090 g/mol. The van der Waals surface area contributed by atoms with Crippen molar-refractivity contribution < 1.29 is 5.11 Å². The summed E-state index contributed by atoms with van der Waals surface area (Å²) in [6, 6.07) is 25.9. The zero-order valence-corrected chi connectivity index (χ0v) is 40.0. The number of aliphatic hydroxyl groups excluding tert-OH is 1. The Morgan fingerprint density at radius 2 is 1.17 bits per heavy atom. The van der Waals surface area contributed by atoms with E-state index in [-0.39, 0.29) is 18.7 Å². The number of hydrogen-bond acceptors (Lipinski definition) is 11. The highest BCUT2D eigenvalue weighted by Crippen LogP contribution is 2.26. The van der Waals surface area contributed by atoms with Gasteiger partial charge in [0.25, 0.3) is 11.1 Å². The van der Waals surface area contributed by atoms with Gasteiger partial charge >= 0.3 is 11.4 Å². The predicted octanol–water partition coefficient (Wildman–Crippen LogP) is 3.12. The van der Waals surface area contributed by atoms with E-state index in [1.54, 1.807) is 11.6 Å². The summed E-state index contributed by atoms with van der Waals surface area (Å²) >= 11 is 4.62. The van der Waals surface area contributed by atoms with Gasteiger partial charge in [-0.25, -0.2) is 9.59 Å². The molecule has 0 spiro atoms. The number of imidazole rings is 2. The summed E-state index contributed by atoms with van der Waals surface area (Å²) in [6.45, 7) is 8.15. The summed E-state index contributed by atoms with van der Waals surface area (Å²) in [6.07, 6.45) is 2.28. The lowest BCUT2D eigenvalue weighted by molar-refractivity contribution is 0.277. The van der Waals surface area contributed by atoms with Gasteiger partial charge in [0, 0.05) is 66.6 Å². The molecule has 336 valence electrons. The molecule has 0 bridgehead atoms. The maximum Gasteiger partial charge on any atom is 0.333 e. The number of aryl methyl sites for hydroxylation is 1. The van der Waals surface area contributed by atoms with Gasteiger partial charge in [0.1, 0.15) is 0 Å². The Bertz CT molecular complexity index is 2980. The second-order valence-corrected chi connectivity index (χ2v) is 18.2. The van der Waals surface area contributed by atoms with E-state index in [0.717, 1.165) is 95.0 Å². The van der Waals surface area contributed by atoms with Crippen LogP contribution < -0.4 is 42.9 Å². The maximum absolute atomic E-state index is 13.9. The second kappa shape index (κ2) is 20.8. The lowest BCUT2D eigenvalue weighted by Crippen LogP contribution is -2.41. The highest BCUT2D eigenvalue weighted by molar-refractivity contribution is 14.1. The minimum atomic E-state index is -0.449. The van der Waals surface area contributed by atoms with Gasteiger partial charge in [0.2, 0.25) is 11.9 Å². The van der Waals surface area contributed by atoms with E-state index in [2.05, 4.69) is 88.8 Å². The monoisotopic (exact) mass is 1090 g/mol. The number of nitrogens with zero attached hydrogens (tertiary/aromatic N) is 9. The van der Waals surface area contributed by atoms with Crippen LogP contribution in [-0.4, -0.2) is 102 Å². The Kier molecular flexibility index (Phi) is 14.8. The van der Waals surface area contributed by atoms with Gasteiger partial charge in [0.05, 0.1) is 19.6 Å². The molecule has 0 aliphatic carbocycles. The van der Waals surface area contributed by atoms with Crippen molar-refractivity contribution in [2.45, 2.75) is 45.4 Å². The molecule has 6 heterocycles. The Balaban J connectivity index is 0.000000184. The summed E-state index contributed by atoms with van der Waals surface area (Å²) in [5.41, 5.74) is 3.20. The molecular weight excluding hydrogens is 1040 g/mol. The van der Waals surface area contributed by atoms with Crippen molar-refractivity contribution >= 4 is 79.4 Å². The summed E-state index contributed by atoms with van der Waals surface area (Å²) in [5, 5.41) is 16.3. The zero-order valence-electron chi connectivity index (χ0n) is 35.7. The third-order valence-electron chi connectivity index (χ3n) is 11.6. The zero-order chi connectivity index (χ0) is 44.7. The summed E-state index contributed by atoms with van der Waals surface area (Å²) < 4.78 is 10.4. The van der Waals surface area contributed by atoms with Crippen LogP contribution in [0.5, 0.6) is 0 Å². The van der Waals surface area contributed by atoms with Crippen molar-refractivity contribution in [1.82, 2.24) is 48.4 Å². The minimum absolute atomic E-state index is 0.101. The summed E-state index contributed by atoms with van der Waals surface area (Å²) in [4.78, 5) is 68.8. The molecule has 19 heteroatoms. The van der Waals surface area contributed by atoms with E-state index in [1.807, 2.05) is 69.8 Å². The number of aromatic amines is 1. The Hall–Kier alpha value is -5.10. The quantitative estimate of drug-likeness (QED) is 0.140.